The molecule has 2 rings (SSSR count). The summed E-state index contributed by atoms with van der Waals surface area (Å²) in [6.07, 6.45) is 1.25. The number of aliphatic hydroxyl groups is 1. The van der Waals surface area contributed by atoms with Crippen LogP contribution >= 0.6 is 0 Å². The van der Waals surface area contributed by atoms with Crippen molar-refractivity contribution in [3.63, 3.8) is 0 Å². The Labute approximate surface area is 121 Å². The summed E-state index contributed by atoms with van der Waals surface area (Å²) < 4.78 is 37.0. The second-order valence-corrected chi connectivity index (χ2v) is 5.68. The summed E-state index contributed by atoms with van der Waals surface area (Å²) in [7, 11) is -0.943. The van der Waals surface area contributed by atoms with Crippen molar-refractivity contribution in [2.75, 3.05) is 18.9 Å². The maximum atomic E-state index is 12.2. The third kappa shape index (κ3) is 3.09. The number of nitrogens with zero attached hydrogens (tertiary/aromatic N) is 1. The van der Waals surface area contributed by atoms with E-state index in [2.05, 4.69) is 14.9 Å². The molecule has 0 saturated carbocycles. The Balaban J connectivity index is 2.33. The Morgan fingerprint density at radius 3 is 2.62 bits per heavy atom. The topological polar surface area (TPSA) is 114 Å². The lowest BCUT2D eigenvalue weighted by molar-refractivity contribution is 0.278. The summed E-state index contributed by atoms with van der Waals surface area (Å²) >= 11 is 0. The number of nitrogens with one attached hydrogen (secondary N) is 2. The highest BCUT2D eigenvalue weighted by molar-refractivity contribution is 7.92. The van der Waals surface area contributed by atoms with E-state index in [-0.39, 0.29) is 10.6 Å². The minimum absolute atomic E-state index is 0.181. The summed E-state index contributed by atoms with van der Waals surface area (Å²) in [5.74, 6) is 0.878. The number of aromatic nitrogens is 2. The van der Waals surface area contributed by atoms with Gasteiger partial charge in [0.1, 0.15) is 0 Å². The van der Waals surface area contributed by atoms with Gasteiger partial charge in [-0.05, 0) is 12.1 Å². The molecule has 114 valence electrons. The van der Waals surface area contributed by atoms with Crippen molar-refractivity contribution in [3.8, 4) is 11.5 Å². The second kappa shape index (κ2) is 6.02. The van der Waals surface area contributed by atoms with Crippen LogP contribution in [0, 0.1) is 0 Å². The molecule has 0 fully saturated rings. The van der Waals surface area contributed by atoms with Gasteiger partial charge in [-0.3, -0.25) is 9.82 Å². The van der Waals surface area contributed by atoms with Crippen molar-refractivity contribution in [2.45, 2.75) is 11.6 Å². The Bertz CT molecular complexity index is 726. The number of anilines is 1. The van der Waals surface area contributed by atoms with Crippen molar-refractivity contribution in [1.82, 2.24) is 10.2 Å². The van der Waals surface area contributed by atoms with Crippen LogP contribution in [0.25, 0.3) is 0 Å². The van der Waals surface area contributed by atoms with Crippen LogP contribution in [-0.4, -0.2) is 37.9 Å². The number of sulfonamides is 1. The normalized spacial score (nSPS) is 11.2. The van der Waals surface area contributed by atoms with E-state index >= 15 is 0 Å². The molecule has 0 amide bonds. The second-order valence-electron chi connectivity index (χ2n) is 4.06. The Kier molecular flexibility index (Phi) is 4.34. The van der Waals surface area contributed by atoms with E-state index in [9.17, 15) is 8.42 Å². The largest absolute Gasteiger partial charge is 0.493 e. The first kappa shape index (κ1) is 15.1. The quantitative estimate of drug-likeness (QED) is 0.724. The number of hydrogen-bond donors (Lipinski definition) is 3. The van der Waals surface area contributed by atoms with Crippen LogP contribution < -0.4 is 14.2 Å². The Hall–Kier alpha value is -2.26. The maximum Gasteiger partial charge on any atom is 0.279 e. The first-order valence-corrected chi connectivity index (χ1v) is 7.38. The van der Waals surface area contributed by atoms with Crippen LogP contribution in [0.15, 0.2) is 29.4 Å². The van der Waals surface area contributed by atoms with Gasteiger partial charge in [-0.1, -0.05) is 0 Å². The van der Waals surface area contributed by atoms with E-state index in [1.807, 2.05) is 0 Å². The molecule has 1 aromatic heterocycles. The van der Waals surface area contributed by atoms with Gasteiger partial charge in [0.2, 0.25) is 0 Å². The van der Waals surface area contributed by atoms with E-state index in [1.165, 1.54) is 32.5 Å². The molecule has 2 aromatic rings. The van der Waals surface area contributed by atoms with E-state index in [0.717, 1.165) is 0 Å². The lowest BCUT2D eigenvalue weighted by Gasteiger charge is -2.11. The van der Waals surface area contributed by atoms with Crippen LogP contribution in [0.4, 0.5) is 5.69 Å². The van der Waals surface area contributed by atoms with Crippen molar-refractivity contribution < 1.29 is 23.0 Å². The van der Waals surface area contributed by atoms with Gasteiger partial charge in [-0.2, -0.15) is 13.5 Å². The molecule has 3 N–H and O–H groups in total. The number of benzene rings is 1. The van der Waals surface area contributed by atoms with E-state index in [1.54, 1.807) is 6.07 Å². The molecule has 0 saturated heterocycles. The minimum atomic E-state index is -3.88. The molecular weight excluding hydrogens is 298 g/mol. The molecule has 0 aliphatic heterocycles. The standard InChI is InChI=1S/C12H15N3O5S/c1-19-10-4-3-9(5-11(10)20-2)15-21(17,18)12-8(7-16)6-13-14-12/h3-6,15-16H,7H2,1-2H3,(H,13,14). The summed E-state index contributed by atoms with van der Waals surface area (Å²) in [4.78, 5) is 0. The van der Waals surface area contributed by atoms with Crippen LogP contribution in [0.2, 0.25) is 0 Å². The molecule has 21 heavy (non-hydrogen) atoms. The fourth-order valence-electron chi connectivity index (χ4n) is 1.75. The number of aliphatic hydroxyl groups excluding tert-OH is 1. The number of ether oxygens (including phenoxy) is 2. The molecule has 8 nitrogen and oxygen atoms in total. The average molecular weight is 313 g/mol. The van der Waals surface area contributed by atoms with Gasteiger partial charge in [0.05, 0.1) is 32.7 Å². The predicted octanol–water partition coefficient (Wildman–Crippen LogP) is 0.720. The highest BCUT2D eigenvalue weighted by Gasteiger charge is 2.21. The summed E-state index contributed by atoms with van der Waals surface area (Å²) in [6, 6.07) is 4.61. The third-order valence-electron chi connectivity index (χ3n) is 2.75. The van der Waals surface area contributed by atoms with Gasteiger partial charge >= 0.3 is 0 Å². The first-order valence-electron chi connectivity index (χ1n) is 5.89. The summed E-state index contributed by atoms with van der Waals surface area (Å²) in [6.45, 7) is -0.432. The lowest BCUT2D eigenvalue weighted by Crippen LogP contribution is -2.15. The van der Waals surface area contributed by atoms with Crippen LogP contribution in [0.3, 0.4) is 0 Å². The number of methoxy groups -OCH3 is 2. The van der Waals surface area contributed by atoms with Gasteiger partial charge in [-0.15, -0.1) is 0 Å². The fourth-order valence-corrected chi connectivity index (χ4v) is 2.93. The van der Waals surface area contributed by atoms with Gasteiger partial charge in [0, 0.05) is 11.6 Å². The number of hydrogen-bond acceptors (Lipinski definition) is 6. The van der Waals surface area contributed by atoms with E-state index in [4.69, 9.17) is 14.6 Å². The molecule has 0 bridgehead atoms. The van der Waals surface area contributed by atoms with Gasteiger partial charge in [-0.25, -0.2) is 0 Å². The van der Waals surface area contributed by atoms with Crippen molar-refractivity contribution in [3.05, 3.63) is 30.0 Å². The van der Waals surface area contributed by atoms with Gasteiger partial charge in [0.15, 0.2) is 16.5 Å². The van der Waals surface area contributed by atoms with E-state index < -0.39 is 16.6 Å². The molecule has 1 heterocycles. The molecule has 1 aromatic carbocycles. The first-order chi connectivity index (χ1) is 10.0. The van der Waals surface area contributed by atoms with Crippen molar-refractivity contribution >= 4 is 15.7 Å². The van der Waals surface area contributed by atoms with Crippen LogP contribution in [0.5, 0.6) is 11.5 Å². The highest BCUT2D eigenvalue weighted by Crippen LogP contribution is 2.30. The molecule has 0 spiro atoms. The SMILES string of the molecule is COc1ccc(NS(=O)(=O)c2[nH]ncc2CO)cc1OC. The number of rotatable bonds is 6. The molecule has 0 atom stereocenters. The third-order valence-corrected chi connectivity index (χ3v) is 4.15. The van der Waals surface area contributed by atoms with Gasteiger partial charge < -0.3 is 14.6 Å². The minimum Gasteiger partial charge on any atom is -0.493 e. The molecule has 0 radical (unpaired) electrons. The zero-order valence-electron chi connectivity index (χ0n) is 11.5. The van der Waals surface area contributed by atoms with Crippen LogP contribution in [-0.2, 0) is 16.6 Å². The maximum absolute atomic E-state index is 12.2. The monoisotopic (exact) mass is 313 g/mol. The molecular formula is C12H15N3O5S. The van der Waals surface area contributed by atoms with Gasteiger partial charge in [0.25, 0.3) is 10.0 Å². The fraction of sp³-hybridized carbons (Fsp3) is 0.250. The zero-order valence-corrected chi connectivity index (χ0v) is 12.3. The van der Waals surface area contributed by atoms with Crippen molar-refractivity contribution in [2.24, 2.45) is 0 Å². The Morgan fingerprint density at radius 2 is 2.00 bits per heavy atom. The summed E-state index contributed by atoms with van der Waals surface area (Å²) in [5.41, 5.74) is 0.481. The lowest BCUT2D eigenvalue weighted by atomic mass is 10.3. The van der Waals surface area contributed by atoms with E-state index in [0.29, 0.717) is 17.2 Å². The zero-order chi connectivity index (χ0) is 15.5. The molecule has 0 aliphatic carbocycles. The van der Waals surface area contributed by atoms with Crippen molar-refractivity contribution in [1.29, 1.82) is 0 Å². The number of H-pyrrole nitrogens is 1. The van der Waals surface area contributed by atoms with Crippen LogP contribution in [0.1, 0.15) is 5.56 Å². The smallest absolute Gasteiger partial charge is 0.279 e. The summed E-state index contributed by atoms with van der Waals surface area (Å²) in [5, 5.41) is 14.9. The molecule has 9 heteroatoms. The molecule has 0 unspecified atom stereocenters. The highest BCUT2D eigenvalue weighted by atomic mass is 32.2. The average Bonchev–Trinajstić information content (AvgIpc) is 2.96. The number of aromatic amines is 1. The molecule has 0 aliphatic rings. The predicted molar refractivity (Wildman–Crippen MR) is 74.9 cm³/mol. The Morgan fingerprint density at radius 1 is 1.29 bits per heavy atom.